The van der Waals surface area contributed by atoms with Crippen molar-refractivity contribution in [3.05, 3.63) is 0 Å². The summed E-state index contributed by atoms with van der Waals surface area (Å²) in [4.78, 5) is 16.8. The van der Waals surface area contributed by atoms with Crippen LogP contribution in [0.4, 0.5) is 0 Å². The molecule has 4 heteroatoms. The Bertz CT molecular complexity index is 258. The van der Waals surface area contributed by atoms with Gasteiger partial charge < -0.3 is 10.2 Å². The Morgan fingerprint density at radius 3 is 2.72 bits per heavy atom. The highest BCUT2D eigenvalue weighted by Gasteiger charge is 2.25. The highest BCUT2D eigenvalue weighted by atomic mass is 16.2. The highest BCUT2D eigenvalue weighted by Crippen LogP contribution is 2.12. The van der Waals surface area contributed by atoms with Gasteiger partial charge in [0.1, 0.15) is 0 Å². The summed E-state index contributed by atoms with van der Waals surface area (Å²) >= 11 is 0. The van der Waals surface area contributed by atoms with E-state index < -0.39 is 0 Å². The summed E-state index contributed by atoms with van der Waals surface area (Å²) in [7, 11) is 0. The van der Waals surface area contributed by atoms with Crippen molar-refractivity contribution in [1.29, 1.82) is 0 Å². The van der Waals surface area contributed by atoms with Gasteiger partial charge in [0.05, 0.1) is 6.54 Å². The van der Waals surface area contributed by atoms with E-state index in [0.717, 1.165) is 39.1 Å². The topological polar surface area (TPSA) is 35.6 Å². The van der Waals surface area contributed by atoms with Crippen LogP contribution in [-0.4, -0.2) is 61.0 Å². The van der Waals surface area contributed by atoms with Crippen LogP contribution in [0.25, 0.3) is 0 Å². The Balaban J connectivity index is 1.84. The van der Waals surface area contributed by atoms with Crippen LogP contribution in [0.15, 0.2) is 0 Å². The Hall–Kier alpha value is -0.610. The number of nitrogens with one attached hydrogen (secondary N) is 1. The van der Waals surface area contributed by atoms with Gasteiger partial charge >= 0.3 is 0 Å². The molecule has 1 atom stereocenters. The first-order chi connectivity index (χ1) is 8.81. The average molecular weight is 253 g/mol. The van der Waals surface area contributed by atoms with Gasteiger partial charge in [0.25, 0.3) is 0 Å². The van der Waals surface area contributed by atoms with Crippen LogP contribution in [-0.2, 0) is 4.79 Å². The van der Waals surface area contributed by atoms with E-state index in [0.29, 0.717) is 18.5 Å². The van der Waals surface area contributed by atoms with Crippen molar-refractivity contribution in [2.45, 2.75) is 45.1 Å². The van der Waals surface area contributed by atoms with Gasteiger partial charge in [-0.15, -0.1) is 0 Å². The zero-order chi connectivity index (χ0) is 12.8. The largest absolute Gasteiger partial charge is 0.342 e. The zero-order valence-electron chi connectivity index (χ0n) is 11.7. The Kier molecular flexibility index (Phi) is 5.45. The van der Waals surface area contributed by atoms with Crippen molar-refractivity contribution in [3.8, 4) is 0 Å². The van der Waals surface area contributed by atoms with Crippen molar-refractivity contribution in [2.75, 3.05) is 39.3 Å². The third kappa shape index (κ3) is 3.69. The van der Waals surface area contributed by atoms with Gasteiger partial charge in [-0.1, -0.05) is 6.92 Å². The number of hydrogen-bond donors (Lipinski definition) is 1. The predicted molar refractivity (Wildman–Crippen MR) is 73.6 cm³/mol. The summed E-state index contributed by atoms with van der Waals surface area (Å²) in [5.41, 5.74) is 0. The molecule has 0 radical (unpaired) electrons. The molecule has 0 aliphatic carbocycles. The molecule has 0 spiro atoms. The third-order valence-electron chi connectivity index (χ3n) is 4.11. The molecule has 2 fully saturated rings. The number of carbonyl (C=O) groups is 1. The van der Waals surface area contributed by atoms with E-state index in [1.807, 2.05) is 0 Å². The number of rotatable bonds is 5. The second kappa shape index (κ2) is 7.10. The van der Waals surface area contributed by atoms with Gasteiger partial charge in [0.15, 0.2) is 0 Å². The molecule has 0 bridgehead atoms. The molecule has 2 saturated heterocycles. The van der Waals surface area contributed by atoms with Gasteiger partial charge in [-0.2, -0.15) is 0 Å². The van der Waals surface area contributed by atoms with Crippen molar-refractivity contribution in [3.63, 3.8) is 0 Å². The van der Waals surface area contributed by atoms with Crippen molar-refractivity contribution in [1.82, 2.24) is 15.1 Å². The number of nitrogens with zero attached hydrogens (tertiary/aromatic N) is 2. The molecule has 2 rings (SSSR count). The normalized spacial score (nSPS) is 24.8. The van der Waals surface area contributed by atoms with Crippen LogP contribution >= 0.6 is 0 Å². The van der Waals surface area contributed by atoms with E-state index in [1.165, 1.54) is 25.7 Å². The van der Waals surface area contributed by atoms with Crippen molar-refractivity contribution in [2.24, 2.45) is 0 Å². The molecule has 1 N–H and O–H groups in total. The number of amides is 1. The van der Waals surface area contributed by atoms with Crippen LogP contribution in [0, 0.1) is 0 Å². The highest BCUT2D eigenvalue weighted by molar-refractivity contribution is 5.78. The Labute approximate surface area is 111 Å². The first kappa shape index (κ1) is 13.8. The maximum atomic E-state index is 12.3. The van der Waals surface area contributed by atoms with E-state index in [1.54, 1.807) is 0 Å². The number of likely N-dealkylation sites (tertiary alicyclic amines) is 1. The minimum absolute atomic E-state index is 0.343. The molecule has 0 saturated carbocycles. The third-order valence-corrected chi connectivity index (χ3v) is 4.11. The Morgan fingerprint density at radius 1 is 1.33 bits per heavy atom. The van der Waals surface area contributed by atoms with Gasteiger partial charge in [0.2, 0.25) is 5.91 Å². The van der Waals surface area contributed by atoms with E-state index in [4.69, 9.17) is 0 Å². The first-order valence-electron chi connectivity index (χ1n) is 7.54. The summed E-state index contributed by atoms with van der Waals surface area (Å²) in [6.45, 7) is 7.96. The van der Waals surface area contributed by atoms with E-state index >= 15 is 0 Å². The van der Waals surface area contributed by atoms with Crippen molar-refractivity contribution >= 4 is 5.91 Å². The molecule has 1 amide bonds. The van der Waals surface area contributed by atoms with Crippen LogP contribution in [0.2, 0.25) is 0 Å². The maximum Gasteiger partial charge on any atom is 0.236 e. The van der Waals surface area contributed by atoms with Gasteiger partial charge in [-0.3, -0.25) is 9.69 Å². The fourth-order valence-electron chi connectivity index (χ4n) is 3.05. The lowest BCUT2D eigenvalue weighted by Gasteiger charge is -2.32. The molecule has 104 valence electrons. The molecular formula is C14H27N3O. The van der Waals surface area contributed by atoms with E-state index in [-0.39, 0.29) is 0 Å². The quantitative estimate of drug-likeness (QED) is 0.796. The summed E-state index contributed by atoms with van der Waals surface area (Å²) < 4.78 is 0. The minimum Gasteiger partial charge on any atom is -0.342 e. The molecule has 2 aliphatic heterocycles. The van der Waals surface area contributed by atoms with Crippen LogP contribution in [0.5, 0.6) is 0 Å². The van der Waals surface area contributed by atoms with E-state index in [9.17, 15) is 4.79 Å². The lowest BCUT2D eigenvalue weighted by Crippen LogP contribution is -2.47. The lowest BCUT2D eigenvalue weighted by molar-refractivity contribution is -0.133. The molecule has 4 nitrogen and oxygen atoms in total. The van der Waals surface area contributed by atoms with Crippen molar-refractivity contribution < 1.29 is 4.79 Å². The smallest absolute Gasteiger partial charge is 0.236 e. The Morgan fingerprint density at radius 2 is 2.11 bits per heavy atom. The summed E-state index contributed by atoms with van der Waals surface area (Å²) in [6.07, 6.45) is 5.97. The molecular weight excluding hydrogens is 226 g/mol. The number of hydrogen-bond acceptors (Lipinski definition) is 3. The first-order valence-corrected chi connectivity index (χ1v) is 7.54. The van der Waals surface area contributed by atoms with Crippen LogP contribution in [0.3, 0.4) is 0 Å². The number of carbonyl (C=O) groups excluding carboxylic acids is 1. The molecule has 0 aromatic carbocycles. The maximum absolute atomic E-state index is 12.3. The molecule has 18 heavy (non-hydrogen) atoms. The fourth-order valence-corrected chi connectivity index (χ4v) is 3.05. The molecule has 0 aromatic heterocycles. The van der Waals surface area contributed by atoms with Crippen LogP contribution < -0.4 is 5.32 Å². The second-order valence-corrected chi connectivity index (χ2v) is 5.56. The van der Waals surface area contributed by atoms with Gasteiger partial charge in [-0.25, -0.2) is 0 Å². The summed E-state index contributed by atoms with van der Waals surface area (Å²) in [5, 5.41) is 3.40. The van der Waals surface area contributed by atoms with Gasteiger partial charge in [-0.05, 0) is 45.2 Å². The van der Waals surface area contributed by atoms with Gasteiger partial charge in [0, 0.05) is 25.7 Å². The molecule has 2 aliphatic rings. The zero-order valence-corrected chi connectivity index (χ0v) is 11.7. The predicted octanol–water partition coefficient (Wildman–Crippen LogP) is 1.07. The lowest BCUT2D eigenvalue weighted by atomic mass is 10.1. The van der Waals surface area contributed by atoms with Crippen LogP contribution in [0.1, 0.15) is 39.0 Å². The second-order valence-electron chi connectivity index (χ2n) is 5.56. The number of piperidine rings is 1. The molecule has 2 heterocycles. The minimum atomic E-state index is 0.343. The molecule has 0 aromatic rings. The standard InChI is InChI=1S/C14H27N3O/c1-2-8-17(13-6-7-15-11-13)12-14(18)16-9-4-3-5-10-16/h13,15H,2-12H2,1H3. The SMILES string of the molecule is CCCN(CC(=O)N1CCCCC1)C1CCNC1. The molecule has 1 unspecified atom stereocenters. The fraction of sp³-hybridized carbons (Fsp3) is 0.929. The average Bonchev–Trinajstić information content (AvgIpc) is 2.93. The van der Waals surface area contributed by atoms with E-state index in [2.05, 4.69) is 22.0 Å². The summed E-state index contributed by atoms with van der Waals surface area (Å²) in [6, 6.07) is 0.568. The summed E-state index contributed by atoms with van der Waals surface area (Å²) in [5.74, 6) is 0.343. The monoisotopic (exact) mass is 253 g/mol.